The molecule has 6 N–H and O–H groups in total. The van der Waals surface area contributed by atoms with Gasteiger partial charge in [0.2, 0.25) is 15.9 Å². The summed E-state index contributed by atoms with van der Waals surface area (Å²) in [7, 11) is -0.700. The average molecular weight is 421 g/mol. The lowest BCUT2D eigenvalue weighted by molar-refractivity contribution is -0.118. The third kappa shape index (κ3) is 5.18. The van der Waals surface area contributed by atoms with E-state index in [1.54, 1.807) is 6.92 Å². The van der Waals surface area contributed by atoms with Gasteiger partial charge in [-0.25, -0.2) is 22.7 Å². The first-order chi connectivity index (χ1) is 13.6. The molecule has 0 bridgehead atoms. The summed E-state index contributed by atoms with van der Waals surface area (Å²) in [5, 5.41) is 5.72. The molecule has 0 radical (unpaired) electrons. The first kappa shape index (κ1) is 22.0. The van der Waals surface area contributed by atoms with Gasteiger partial charge in [0.15, 0.2) is 11.5 Å². The monoisotopic (exact) mass is 421 g/mol. The molecule has 1 unspecified atom stereocenters. The van der Waals surface area contributed by atoms with E-state index in [-0.39, 0.29) is 22.2 Å². The molecule has 156 valence electrons. The Morgan fingerprint density at radius 2 is 1.79 bits per heavy atom. The van der Waals surface area contributed by atoms with E-state index in [2.05, 4.69) is 20.6 Å². The molecule has 0 aliphatic carbocycles. The van der Waals surface area contributed by atoms with Gasteiger partial charge in [-0.15, -0.1) is 0 Å². The Labute approximate surface area is 168 Å². The molecule has 0 aliphatic heterocycles. The number of nitrogens with zero attached hydrogens (tertiary/aromatic N) is 3. The van der Waals surface area contributed by atoms with Gasteiger partial charge >= 0.3 is 0 Å². The molecule has 1 atom stereocenters. The SMILES string of the molecule is CCC(Nc1cnc(C(N)=O)c(Nc2ccc(S(=O)(=O)N(C)C)cc2)n1)C(N)=O. The zero-order chi connectivity index (χ0) is 21.8. The van der Waals surface area contributed by atoms with Crippen LogP contribution < -0.4 is 22.1 Å². The van der Waals surface area contributed by atoms with Gasteiger partial charge in [0, 0.05) is 19.8 Å². The van der Waals surface area contributed by atoms with Gasteiger partial charge in [0.1, 0.15) is 11.9 Å². The summed E-state index contributed by atoms with van der Waals surface area (Å²) >= 11 is 0. The van der Waals surface area contributed by atoms with Gasteiger partial charge in [-0.1, -0.05) is 6.92 Å². The van der Waals surface area contributed by atoms with Crippen LogP contribution in [0.3, 0.4) is 0 Å². The quantitative estimate of drug-likeness (QED) is 0.445. The van der Waals surface area contributed by atoms with E-state index >= 15 is 0 Å². The zero-order valence-electron chi connectivity index (χ0n) is 16.2. The molecule has 0 aliphatic rings. The standard InChI is InChI=1S/C17H23N7O4S/c1-4-12(15(18)25)22-13-9-20-14(16(19)26)17(23-13)21-10-5-7-11(8-6-10)29(27,28)24(2)3/h5-9,12H,4H2,1-3H3,(H2,18,25)(H2,19,26)(H2,21,22,23). The van der Waals surface area contributed by atoms with E-state index in [1.165, 1.54) is 44.6 Å². The Morgan fingerprint density at radius 3 is 2.28 bits per heavy atom. The molecule has 0 saturated heterocycles. The van der Waals surface area contributed by atoms with Crippen LogP contribution in [0.5, 0.6) is 0 Å². The number of nitrogens with two attached hydrogens (primary N) is 2. The Kier molecular flexibility index (Phi) is 6.72. The number of hydrogen-bond donors (Lipinski definition) is 4. The van der Waals surface area contributed by atoms with E-state index in [9.17, 15) is 18.0 Å². The maximum atomic E-state index is 12.2. The normalized spacial score (nSPS) is 12.4. The predicted octanol–water partition coefficient (Wildman–Crippen LogP) is 0.245. The van der Waals surface area contributed by atoms with Gasteiger partial charge in [0.05, 0.1) is 11.1 Å². The molecule has 2 amide bonds. The van der Waals surface area contributed by atoms with Crippen LogP contribution in [0, 0.1) is 0 Å². The Morgan fingerprint density at radius 1 is 1.17 bits per heavy atom. The summed E-state index contributed by atoms with van der Waals surface area (Å²) in [4.78, 5) is 31.4. The van der Waals surface area contributed by atoms with Crippen molar-refractivity contribution >= 4 is 39.2 Å². The topological polar surface area (TPSA) is 173 Å². The Hall–Kier alpha value is -3.25. The summed E-state index contributed by atoms with van der Waals surface area (Å²) in [6.45, 7) is 1.77. The molecule has 0 saturated carbocycles. The second-order valence-corrected chi connectivity index (χ2v) is 8.41. The van der Waals surface area contributed by atoms with Gasteiger partial charge in [-0.05, 0) is 30.7 Å². The summed E-state index contributed by atoms with van der Waals surface area (Å²) in [5.41, 5.74) is 11.0. The van der Waals surface area contributed by atoms with Gasteiger partial charge in [-0.3, -0.25) is 9.59 Å². The number of anilines is 3. The smallest absolute Gasteiger partial charge is 0.271 e. The molecule has 29 heavy (non-hydrogen) atoms. The van der Waals surface area contributed by atoms with Crippen LogP contribution in [0.2, 0.25) is 0 Å². The minimum atomic E-state index is -3.57. The summed E-state index contributed by atoms with van der Waals surface area (Å²) in [5.74, 6) is -1.10. The molecule has 0 spiro atoms. The summed E-state index contributed by atoms with van der Waals surface area (Å²) < 4.78 is 25.4. The molecule has 2 aromatic rings. The van der Waals surface area contributed by atoms with Crippen molar-refractivity contribution in [2.75, 3.05) is 24.7 Å². The minimum Gasteiger partial charge on any atom is -0.368 e. The second-order valence-electron chi connectivity index (χ2n) is 6.26. The third-order valence-electron chi connectivity index (χ3n) is 3.98. The van der Waals surface area contributed by atoms with Crippen molar-refractivity contribution in [1.29, 1.82) is 0 Å². The van der Waals surface area contributed by atoms with Gasteiger partial charge in [-0.2, -0.15) is 0 Å². The molecule has 12 heteroatoms. The van der Waals surface area contributed by atoms with Crippen molar-refractivity contribution in [3.8, 4) is 0 Å². The van der Waals surface area contributed by atoms with Crippen LogP contribution in [0.4, 0.5) is 17.3 Å². The number of nitrogens with one attached hydrogen (secondary N) is 2. The minimum absolute atomic E-state index is 0.0463. The van der Waals surface area contributed by atoms with Crippen molar-refractivity contribution in [3.05, 3.63) is 36.2 Å². The van der Waals surface area contributed by atoms with Gasteiger partial charge in [0.25, 0.3) is 5.91 Å². The number of carbonyl (C=O) groups excluding carboxylic acids is 2. The molecular weight excluding hydrogens is 398 g/mol. The van der Waals surface area contributed by atoms with Crippen molar-refractivity contribution in [1.82, 2.24) is 14.3 Å². The lowest BCUT2D eigenvalue weighted by atomic mass is 10.2. The van der Waals surface area contributed by atoms with Crippen molar-refractivity contribution in [3.63, 3.8) is 0 Å². The fraction of sp³-hybridized carbons (Fsp3) is 0.294. The molecule has 1 heterocycles. The Balaban J connectivity index is 2.34. The number of benzene rings is 1. The highest BCUT2D eigenvalue weighted by atomic mass is 32.2. The van der Waals surface area contributed by atoms with Crippen LogP contribution in [-0.4, -0.2) is 54.6 Å². The van der Waals surface area contributed by atoms with E-state index in [1.807, 2.05) is 0 Å². The first-order valence-electron chi connectivity index (χ1n) is 8.58. The van der Waals surface area contributed by atoms with Crippen LogP contribution in [-0.2, 0) is 14.8 Å². The zero-order valence-corrected chi connectivity index (χ0v) is 17.0. The van der Waals surface area contributed by atoms with Crippen molar-refractivity contribution < 1.29 is 18.0 Å². The number of rotatable bonds is 9. The number of carbonyl (C=O) groups is 2. The molecule has 1 aromatic heterocycles. The van der Waals surface area contributed by atoms with Crippen LogP contribution in [0.15, 0.2) is 35.4 Å². The molecule has 11 nitrogen and oxygen atoms in total. The molecule has 1 aromatic carbocycles. The molecule has 0 fully saturated rings. The number of aromatic nitrogens is 2. The first-order valence-corrected chi connectivity index (χ1v) is 10.0. The maximum Gasteiger partial charge on any atom is 0.271 e. The van der Waals surface area contributed by atoms with Crippen molar-refractivity contribution in [2.45, 2.75) is 24.3 Å². The number of primary amides is 2. The highest BCUT2D eigenvalue weighted by molar-refractivity contribution is 7.89. The average Bonchev–Trinajstić information content (AvgIpc) is 2.66. The van der Waals surface area contributed by atoms with Crippen LogP contribution >= 0.6 is 0 Å². The summed E-state index contributed by atoms with van der Waals surface area (Å²) in [6.07, 6.45) is 1.70. The number of hydrogen-bond acceptors (Lipinski definition) is 8. The fourth-order valence-corrected chi connectivity index (χ4v) is 3.24. The van der Waals surface area contributed by atoms with Crippen molar-refractivity contribution in [2.24, 2.45) is 11.5 Å². The molecule has 2 rings (SSSR count). The fourth-order valence-electron chi connectivity index (χ4n) is 2.34. The third-order valence-corrected chi connectivity index (χ3v) is 5.80. The largest absolute Gasteiger partial charge is 0.368 e. The van der Waals surface area contributed by atoms with E-state index < -0.39 is 27.9 Å². The second kappa shape index (κ2) is 8.84. The van der Waals surface area contributed by atoms with Crippen LogP contribution in [0.1, 0.15) is 23.8 Å². The van der Waals surface area contributed by atoms with Crippen LogP contribution in [0.25, 0.3) is 0 Å². The molecular formula is C17H23N7O4S. The maximum absolute atomic E-state index is 12.2. The number of sulfonamides is 1. The lowest BCUT2D eigenvalue weighted by Crippen LogP contribution is -2.35. The lowest BCUT2D eigenvalue weighted by Gasteiger charge is -2.16. The highest BCUT2D eigenvalue weighted by Gasteiger charge is 2.19. The summed E-state index contributed by atoms with van der Waals surface area (Å²) in [6, 6.07) is 5.20. The van der Waals surface area contributed by atoms with E-state index in [0.29, 0.717) is 12.1 Å². The van der Waals surface area contributed by atoms with Gasteiger partial charge < -0.3 is 22.1 Å². The Bertz CT molecular complexity index is 1010. The van der Waals surface area contributed by atoms with E-state index in [0.717, 1.165) is 4.31 Å². The highest BCUT2D eigenvalue weighted by Crippen LogP contribution is 2.22. The number of amides is 2. The predicted molar refractivity (Wildman–Crippen MR) is 108 cm³/mol. The van der Waals surface area contributed by atoms with E-state index in [4.69, 9.17) is 11.5 Å².